The van der Waals surface area contributed by atoms with Crippen LogP contribution in [-0.4, -0.2) is 51.4 Å². The fourth-order valence-electron chi connectivity index (χ4n) is 3.12. The zero-order valence-electron chi connectivity index (χ0n) is 15.2. The van der Waals surface area contributed by atoms with E-state index in [2.05, 4.69) is 5.32 Å². The summed E-state index contributed by atoms with van der Waals surface area (Å²) in [5.74, 6) is -1.19. The smallest absolute Gasteiger partial charge is 0.275 e. The highest BCUT2D eigenvalue weighted by Gasteiger charge is 2.31. The number of sulfonamides is 1. The molecule has 1 fully saturated rings. The number of nitrogens with zero attached hydrogens (tertiary/aromatic N) is 1. The number of benzene rings is 2. The maximum absolute atomic E-state index is 13.6. The van der Waals surface area contributed by atoms with Crippen molar-refractivity contribution in [2.75, 3.05) is 32.7 Å². The summed E-state index contributed by atoms with van der Waals surface area (Å²) in [6, 6.07) is 11.2. The summed E-state index contributed by atoms with van der Waals surface area (Å²) in [5.41, 5.74) is 0.414. The number of nitrogens with one attached hydrogen (secondary N) is 2. The number of halogens is 2. The molecule has 0 aliphatic carbocycles. The number of carbonyl (C=O) groups excluding carboxylic acids is 1. The Labute approximate surface area is 162 Å². The van der Waals surface area contributed by atoms with Gasteiger partial charge in [-0.1, -0.05) is 24.3 Å². The van der Waals surface area contributed by atoms with E-state index in [1.165, 1.54) is 28.6 Å². The van der Waals surface area contributed by atoms with Crippen molar-refractivity contribution in [2.24, 2.45) is 0 Å². The van der Waals surface area contributed by atoms with Gasteiger partial charge in [-0.25, -0.2) is 17.2 Å². The molecule has 2 N–H and O–H groups in total. The average molecular weight is 410 g/mol. The van der Waals surface area contributed by atoms with Gasteiger partial charge in [-0.3, -0.25) is 4.79 Å². The largest absolute Gasteiger partial charge is 0.347 e. The molecule has 6 nitrogen and oxygen atoms in total. The first-order valence-corrected chi connectivity index (χ1v) is 10.4. The molecule has 0 aromatic heterocycles. The van der Waals surface area contributed by atoms with Crippen LogP contribution >= 0.6 is 0 Å². The van der Waals surface area contributed by atoms with E-state index in [1.807, 2.05) is 0 Å². The third kappa shape index (κ3) is 4.92. The zero-order valence-corrected chi connectivity index (χ0v) is 16.0. The molecule has 9 heteroatoms. The van der Waals surface area contributed by atoms with Crippen molar-refractivity contribution in [3.8, 4) is 0 Å². The Hall–Kier alpha value is -2.36. The monoisotopic (exact) mass is 410 g/mol. The molecule has 1 saturated heterocycles. The first-order chi connectivity index (χ1) is 13.4. The molecule has 3 rings (SSSR count). The summed E-state index contributed by atoms with van der Waals surface area (Å²) in [7, 11) is -3.75. The molecule has 150 valence electrons. The molecule has 0 spiro atoms. The molecule has 0 saturated carbocycles. The second-order valence-corrected chi connectivity index (χ2v) is 8.59. The van der Waals surface area contributed by atoms with Crippen molar-refractivity contribution < 1.29 is 26.9 Å². The van der Waals surface area contributed by atoms with Crippen molar-refractivity contribution in [3.05, 3.63) is 65.7 Å². The molecular formula is C19H22F2N3O3S+. The molecule has 0 radical (unpaired) electrons. The molecule has 28 heavy (non-hydrogen) atoms. The van der Waals surface area contributed by atoms with Gasteiger partial charge in [-0.15, -0.1) is 0 Å². The summed E-state index contributed by atoms with van der Waals surface area (Å²) < 4.78 is 53.4. The summed E-state index contributed by atoms with van der Waals surface area (Å²) in [6.07, 6.45) is 0. The van der Waals surface area contributed by atoms with Crippen molar-refractivity contribution >= 4 is 15.9 Å². The number of quaternary nitrogens is 1. The molecule has 1 aliphatic heterocycles. The predicted octanol–water partition coefficient (Wildman–Crippen LogP) is 0.170. The minimum atomic E-state index is -3.75. The quantitative estimate of drug-likeness (QED) is 0.713. The van der Waals surface area contributed by atoms with Gasteiger partial charge in [0.1, 0.15) is 11.6 Å². The molecule has 1 heterocycles. The molecule has 0 bridgehead atoms. The maximum atomic E-state index is 13.6. The van der Waals surface area contributed by atoms with Crippen LogP contribution in [0.1, 0.15) is 5.56 Å². The van der Waals surface area contributed by atoms with Gasteiger partial charge >= 0.3 is 0 Å². The highest BCUT2D eigenvalue weighted by Crippen LogP contribution is 2.16. The number of hydrogen-bond acceptors (Lipinski definition) is 3. The summed E-state index contributed by atoms with van der Waals surface area (Å²) in [6.45, 7) is 1.70. The number of carbonyl (C=O) groups is 1. The normalized spacial score (nSPS) is 16.1. The molecule has 2 aromatic rings. The van der Waals surface area contributed by atoms with E-state index in [0.29, 0.717) is 18.7 Å². The van der Waals surface area contributed by atoms with Crippen LogP contribution < -0.4 is 10.2 Å². The van der Waals surface area contributed by atoms with Gasteiger partial charge < -0.3 is 10.2 Å². The lowest BCUT2D eigenvalue weighted by molar-refractivity contribution is -0.895. The van der Waals surface area contributed by atoms with Crippen LogP contribution in [0.25, 0.3) is 0 Å². The van der Waals surface area contributed by atoms with Gasteiger partial charge in [0.05, 0.1) is 31.1 Å². The van der Waals surface area contributed by atoms with E-state index < -0.39 is 15.8 Å². The Kier molecular flexibility index (Phi) is 6.38. The Balaban J connectivity index is 1.50. The van der Waals surface area contributed by atoms with Crippen LogP contribution in [-0.2, 0) is 21.4 Å². The summed E-state index contributed by atoms with van der Waals surface area (Å²) in [5, 5.41) is 2.69. The number of amides is 1. The van der Waals surface area contributed by atoms with Gasteiger partial charge in [0.15, 0.2) is 6.54 Å². The third-order valence-corrected chi connectivity index (χ3v) is 6.60. The molecular weight excluding hydrogens is 388 g/mol. The molecule has 0 unspecified atom stereocenters. The van der Waals surface area contributed by atoms with Gasteiger partial charge in [-0.05, 0) is 24.3 Å². The number of rotatable bonds is 6. The van der Waals surface area contributed by atoms with Crippen LogP contribution in [0.3, 0.4) is 0 Å². The number of hydrogen-bond donors (Lipinski definition) is 2. The Morgan fingerprint density at radius 1 is 1.07 bits per heavy atom. The van der Waals surface area contributed by atoms with Crippen LogP contribution in [0.4, 0.5) is 8.78 Å². The zero-order chi connectivity index (χ0) is 20.1. The lowest BCUT2D eigenvalue weighted by Crippen LogP contribution is -3.15. The topological polar surface area (TPSA) is 70.9 Å². The van der Waals surface area contributed by atoms with E-state index in [1.54, 1.807) is 18.2 Å². The third-order valence-electron chi connectivity index (χ3n) is 4.71. The van der Waals surface area contributed by atoms with E-state index in [-0.39, 0.29) is 42.8 Å². The molecule has 0 atom stereocenters. The average Bonchev–Trinajstić information content (AvgIpc) is 2.68. The fourth-order valence-corrected chi connectivity index (χ4v) is 4.59. The van der Waals surface area contributed by atoms with Gasteiger partial charge in [0.25, 0.3) is 5.91 Å². The highest BCUT2D eigenvalue weighted by molar-refractivity contribution is 7.89. The Morgan fingerprint density at radius 3 is 2.46 bits per heavy atom. The van der Waals surface area contributed by atoms with Crippen LogP contribution in [0.5, 0.6) is 0 Å². The van der Waals surface area contributed by atoms with Gasteiger partial charge in [-0.2, -0.15) is 4.31 Å². The van der Waals surface area contributed by atoms with Crippen LogP contribution in [0.15, 0.2) is 53.4 Å². The van der Waals surface area contributed by atoms with Crippen molar-refractivity contribution in [1.82, 2.24) is 9.62 Å². The summed E-state index contributed by atoms with van der Waals surface area (Å²) >= 11 is 0. The lowest BCUT2D eigenvalue weighted by atomic mass is 10.2. The Morgan fingerprint density at radius 2 is 1.79 bits per heavy atom. The Bertz CT molecular complexity index is 945. The highest BCUT2D eigenvalue weighted by atomic mass is 32.2. The fraction of sp³-hybridized carbons (Fsp3) is 0.316. The summed E-state index contributed by atoms with van der Waals surface area (Å²) in [4.78, 5) is 13.0. The second kappa shape index (κ2) is 8.76. The SMILES string of the molecule is O=C(C[NH+]1CCN(S(=O)(=O)c2cccc(F)c2)CC1)NCc1ccccc1F. The number of piperazine rings is 1. The minimum Gasteiger partial charge on any atom is -0.347 e. The van der Waals surface area contributed by atoms with Crippen molar-refractivity contribution in [2.45, 2.75) is 11.4 Å². The van der Waals surface area contributed by atoms with Gasteiger partial charge in [0, 0.05) is 12.1 Å². The van der Waals surface area contributed by atoms with Crippen LogP contribution in [0, 0.1) is 11.6 Å². The van der Waals surface area contributed by atoms with Crippen LogP contribution in [0.2, 0.25) is 0 Å². The van der Waals surface area contributed by atoms with Crippen molar-refractivity contribution in [1.29, 1.82) is 0 Å². The minimum absolute atomic E-state index is 0.0708. The van der Waals surface area contributed by atoms with Gasteiger partial charge in [0.2, 0.25) is 10.0 Å². The lowest BCUT2D eigenvalue weighted by Gasteiger charge is -2.31. The molecule has 1 amide bonds. The van der Waals surface area contributed by atoms with E-state index in [9.17, 15) is 22.0 Å². The molecule has 2 aromatic carbocycles. The standard InChI is InChI=1S/C19H21F2N3O3S/c20-16-5-3-6-17(12-16)28(26,27)24-10-8-23(9-11-24)14-19(25)22-13-15-4-1-2-7-18(15)21/h1-7,12H,8-11,13-14H2,(H,22,25)/p+1. The first-order valence-electron chi connectivity index (χ1n) is 8.95. The maximum Gasteiger partial charge on any atom is 0.275 e. The van der Waals surface area contributed by atoms with E-state index in [0.717, 1.165) is 11.0 Å². The molecule has 1 aliphatic rings. The van der Waals surface area contributed by atoms with E-state index >= 15 is 0 Å². The van der Waals surface area contributed by atoms with Crippen molar-refractivity contribution in [3.63, 3.8) is 0 Å². The first kappa shape index (κ1) is 20.4. The van der Waals surface area contributed by atoms with E-state index in [4.69, 9.17) is 0 Å². The second-order valence-electron chi connectivity index (χ2n) is 6.66. The predicted molar refractivity (Wildman–Crippen MR) is 99.0 cm³/mol.